The van der Waals surface area contributed by atoms with Crippen molar-refractivity contribution in [3.63, 3.8) is 0 Å². The van der Waals surface area contributed by atoms with Crippen LogP contribution in [0.2, 0.25) is 0 Å². The average Bonchev–Trinajstić information content (AvgIpc) is 3.24. The number of piperidine rings is 1. The Bertz CT molecular complexity index is 891. The number of hydrogen-bond acceptors (Lipinski definition) is 6. The second-order valence-corrected chi connectivity index (χ2v) is 8.06. The number of amides is 1. The fraction of sp³-hybridized carbons (Fsp3) is 0.435. The molecule has 30 heavy (non-hydrogen) atoms. The highest BCUT2D eigenvalue weighted by atomic mass is 16.1. The summed E-state index contributed by atoms with van der Waals surface area (Å²) in [6.07, 6.45) is 7.90. The van der Waals surface area contributed by atoms with Crippen LogP contribution in [0.4, 0.5) is 23.1 Å². The molecular formula is C23H30N6O. The van der Waals surface area contributed by atoms with Gasteiger partial charge in [0.05, 0.1) is 11.9 Å². The number of aryl methyl sites for hydroxylation is 1. The Kier molecular flexibility index (Phi) is 6.16. The number of hydrogen-bond donors (Lipinski definition) is 2. The van der Waals surface area contributed by atoms with Crippen LogP contribution in [0.15, 0.2) is 43.1 Å². The molecule has 4 heterocycles. The third-order valence-electron chi connectivity index (χ3n) is 5.82. The Morgan fingerprint density at radius 3 is 2.63 bits per heavy atom. The number of nitrogens with one attached hydrogen (secondary N) is 2. The lowest BCUT2D eigenvalue weighted by atomic mass is 10.1. The maximum absolute atomic E-state index is 11.6. The fourth-order valence-corrected chi connectivity index (χ4v) is 4.07. The highest BCUT2D eigenvalue weighted by molar-refractivity contribution is 5.87. The quantitative estimate of drug-likeness (QED) is 0.717. The van der Waals surface area contributed by atoms with Crippen LogP contribution >= 0.6 is 0 Å². The molecule has 158 valence electrons. The zero-order valence-corrected chi connectivity index (χ0v) is 17.6. The van der Waals surface area contributed by atoms with Crippen LogP contribution in [-0.2, 0) is 4.79 Å². The van der Waals surface area contributed by atoms with Crippen molar-refractivity contribution in [3.05, 3.63) is 48.7 Å². The number of rotatable bonds is 6. The average molecular weight is 407 g/mol. The van der Waals surface area contributed by atoms with Gasteiger partial charge in [0.25, 0.3) is 0 Å². The van der Waals surface area contributed by atoms with Gasteiger partial charge in [0.1, 0.15) is 17.5 Å². The van der Waals surface area contributed by atoms with E-state index in [1.165, 1.54) is 25.3 Å². The van der Waals surface area contributed by atoms with Gasteiger partial charge in [0.15, 0.2) is 0 Å². The van der Waals surface area contributed by atoms with Crippen LogP contribution in [0.3, 0.4) is 0 Å². The van der Waals surface area contributed by atoms with E-state index in [0.717, 1.165) is 61.3 Å². The maximum Gasteiger partial charge on any atom is 0.243 e. The van der Waals surface area contributed by atoms with E-state index in [4.69, 9.17) is 4.98 Å². The predicted octanol–water partition coefficient (Wildman–Crippen LogP) is 3.40. The fourth-order valence-electron chi connectivity index (χ4n) is 4.07. The van der Waals surface area contributed by atoms with Crippen molar-refractivity contribution in [1.82, 2.24) is 15.3 Å². The molecule has 2 saturated heterocycles. The van der Waals surface area contributed by atoms with Gasteiger partial charge in [-0.25, -0.2) is 9.97 Å². The highest BCUT2D eigenvalue weighted by Crippen LogP contribution is 2.26. The molecule has 2 N–H and O–H groups in total. The van der Waals surface area contributed by atoms with Gasteiger partial charge >= 0.3 is 0 Å². The smallest absolute Gasteiger partial charge is 0.243 e. The van der Waals surface area contributed by atoms with Crippen molar-refractivity contribution >= 4 is 29.0 Å². The molecule has 0 radical (unpaired) electrons. The molecule has 0 aliphatic carbocycles. The Hall–Kier alpha value is -3.09. The van der Waals surface area contributed by atoms with Crippen LogP contribution < -0.4 is 20.4 Å². The zero-order valence-electron chi connectivity index (χ0n) is 17.6. The standard InChI is InChI=1S/C23H30N6O/c1-3-22(30)25-19-11-14-29(16-19)21-9-7-17(2)23(27-21)26-18-8-10-20(24-15-18)28-12-5-4-6-13-28/h3,7-10,15,19H,1,4-6,11-14,16H2,2H3,(H,25,30)(H,26,27). The molecule has 1 amide bonds. The summed E-state index contributed by atoms with van der Waals surface area (Å²) in [5.74, 6) is 2.67. The monoisotopic (exact) mass is 406 g/mol. The van der Waals surface area contributed by atoms with Crippen molar-refractivity contribution in [1.29, 1.82) is 0 Å². The topological polar surface area (TPSA) is 73.4 Å². The number of pyridine rings is 2. The lowest BCUT2D eigenvalue weighted by Crippen LogP contribution is -2.36. The molecule has 0 aromatic carbocycles. The zero-order chi connectivity index (χ0) is 20.9. The summed E-state index contributed by atoms with van der Waals surface area (Å²) in [5.41, 5.74) is 2.01. The first-order chi connectivity index (χ1) is 14.6. The Morgan fingerprint density at radius 2 is 1.90 bits per heavy atom. The number of nitrogens with zero attached hydrogens (tertiary/aromatic N) is 4. The normalized spacial score (nSPS) is 18.9. The third-order valence-corrected chi connectivity index (χ3v) is 5.82. The first kappa shape index (κ1) is 20.2. The van der Waals surface area contributed by atoms with E-state index in [-0.39, 0.29) is 11.9 Å². The molecule has 2 fully saturated rings. The number of aromatic nitrogens is 2. The van der Waals surface area contributed by atoms with Crippen LogP contribution in [0.5, 0.6) is 0 Å². The van der Waals surface area contributed by atoms with Crippen molar-refractivity contribution in [3.8, 4) is 0 Å². The molecule has 0 saturated carbocycles. The van der Waals surface area contributed by atoms with Gasteiger partial charge in [-0.2, -0.15) is 0 Å². The van der Waals surface area contributed by atoms with E-state index in [9.17, 15) is 4.79 Å². The Morgan fingerprint density at radius 1 is 1.10 bits per heavy atom. The number of anilines is 4. The summed E-state index contributed by atoms with van der Waals surface area (Å²) in [6.45, 7) is 9.36. The van der Waals surface area contributed by atoms with Gasteiger partial charge in [-0.1, -0.05) is 12.6 Å². The highest BCUT2D eigenvalue weighted by Gasteiger charge is 2.24. The van der Waals surface area contributed by atoms with Crippen LogP contribution in [0.1, 0.15) is 31.2 Å². The van der Waals surface area contributed by atoms with Gasteiger partial charge in [-0.15, -0.1) is 0 Å². The third kappa shape index (κ3) is 4.72. The van der Waals surface area contributed by atoms with Crippen molar-refractivity contribution in [2.45, 2.75) is 38.6 Å². The molecule has 4 rings (SSSR count). The summed E-state index contributed by atoms with van der Waals surface area (Å²) in [4.78, 5) is 25.6. The number of carbonyl (C=O) groups excluding carboxylic acids is 1. The molecule has 1 unspecified atom stereocenters. The maximum atomic E-state index is 11.6. The molecular weight excluding hydrogens is 376 g/mol. The summed E-state index contributed by atoms with van der Waals surface area (Å²) < 4.78 is 0. The lowest BCUT2D eigenvalue weighted by molar-refractivity contribution is -0.117. The van der Waals surface area contributed by atoms with Crippen LogP contribution in [0.25, 0.3) is 0 Å². The predicted molar refractivity (Wildman–Crippen MR) is 122 cm³/mol. The Labute approximate surface area is 178 Å². The second kappa shape index (κ2) is 9.15. The van der Waals surface area contributed by atoms with E-state index in [1.807, 2.05) is 19.2 Å². The minimum absolute atomic E-state index is 0.124. The molecule has 2 aliphatic rings. The van der Waals surface area contributed by atoms with Crippen molar-refractivity contribution in [2.24, 2.45) is 0 Å². The summed E-state index contributed by atoms with van der Waals surface area (Å²) >= 11 is 0. The van der Waals surface area contributed by atoms with Gasteiger partial charge in [-0.3, -0.25) is 4.79 Å². The van der Waals surface area contributed by atoms with Gasteiger partial charge in [0.2, 0.25) is 5.91 Å². The second-order valence-electron chi connectivity index (χ2n) is 8.06. The van der Waals surface area contributed by atoms with E-state index in [2.05, 4.69) is 50.2 Å². The molecule has 2 aliphatic heterocycles. The van der Waals surface area contributed by atoms with E-state index in [1.54, 1.807) is 0 Å². The summed E-state index contributed by atoms with van der Waals surface area (Å²) in [6, 6.07) is 8.40. The van der Waals surface area contributed by atoms with Crippen LogP contribution in [-0.4, -0.2) is 48.1 Å². The van der Waals surface area contributed by atoms with Crippen molar-refractivity contribution < 1.29 is 4.79 Å². The van der Waals surface area contributed by atoms with E-state index in [0.29, 0.717) is 0 Å². The molecule has 7 nitrogen and oxygen atoms in total. The number of carbonyl (C=O) groups is 1. The largest absolute Gasteiger partial charge is 0.357 e. The van der Waals surface area contributed by atoms with E-state index >= 15 is 0 Å². The molecule has 0 bridgehead atoms. The first-order valence-corrected chi connectivity index (χ1v) is 10.8. The minimum Gasteiger partial charge on any atom is -0.357 e. The summed E-state index contributed by atoms with van der Waals surface area (Å²) in [7, 11) is 0. The SMILES string of the molecule is C=CC(=O)NC1CCN(c2ccc(C)c(Nc3ccc(N4CCCCC4)nc3)n2)C1. The molecule has 0 spiro atoms. The van der Waals surface area contributed by atoms with Crippen LogP contribution in [0, 0.1) is 6.92 Å². The van der Waals surface area contributed by atoms with Gasteiger partial charge in [0, 0.05) is 32.2 Å². The van der Waals surface area contributed by atoms with E-state index < -0.39 is 0 Å². The van der Waals surface area contributed by atoms with Gasteiger partial charge < -0.3 is 20.4 Å². The summed E-state index contributed by atoms with van der Waals surface area (Å²) in [5, 5.41) is 6.39. The van der Waals surface area contributed by atoms with Gasteiger partial charge in [-0.05, 0) is 62.4 Å². The first-order valence-electron chi connectivity index (χ1n) is 10.8. The molecule has 1 atom stereocenters. The van der Waals surface area contributed by atoms with Crippen molar-refractivity contribution in [2.75, 3.05) is 41.3 Å². The Balaban J connectivity index is 1.42. The molecule has 7 heteroatoms. The minimum atomic E-state index is -0.124. The molecule has 2 aromatic heterocycles. The molecule has 2 aromatic rings. The lowest BCUT2D eigenvalue weighted by Gasteiger charge is -2.27.